The zero-order chi connectivity index (χ0) is 15.8. The number of para-hydroxylation sites is 1. The van der Waals surface area contributed by atoms with Crippen molar-refractivity contribution in [2.24, 2.45) is 0 Å². The van der Waals surface area contributed by atoms with E-state index in [1.54, 1.807) is 4.90 Å². The lowest BCUT2D eigenvalue weighted by molar-refractivity contribution is -0.120. The van der Waals surface area contributed by atoms with Gasteiger partial charge in [0.05, 0.1) is 0 Å². The van der Waals surface area contributed by atoms with Crippen LogP contribution in [-0.4, -0.2) is 24.8 Å². The van der Waals surface area contributed by atoms with Crippen molar-refractivity contribution in [3.8, 4) is 5.75 Å². The number of hydrogen-bond acceptors (Lipinski definition) is 3. The van der Waals surface area contributed by atoms with Gasteiger partial charge in [0.1, 0.15) is 5.75 Å². The Morgan fingerprint density at radius 2 is 1.91 bits per heavy atom. The first-order valence-corrected chi connectivity index (χ1v) is 7.90. The fraction of sp³-hybridized carbons (Fsp3) is 0.263. The average molecular weight is 307 g/mol. The Labute approximate surface area is 134 Å². The second-order valence-corrected chi connectivity index (χ2v) is 5.92. The van der Waals surface area contributed by atoms with Crippen molar-refractivity contribution in [1.29, 1.82) is 0 Å². The van der Waals surface area contributed by atoms with Crippen LogP contribution in [0.1, 0.15) is 27.9 Å². The minimum absolute atomic E-state index is 0.00101. The SMILES string of the molecule is O=C1CCc2c(OCC(=O)N3CCc4ccccc43)cccc21. The Balaban J connectivity index is 1.49. The number of rotatable bonds is 3. The molecular formula is C19H17NO3. The van der Waals surface area contributed by atoms with Gasteiger partial charge in [0.25, 0.3) is 5.91 Å². The van der Waals surface area contributed by atoms with Gasteiger partial charge in [0.15, 0.2) is 12.4 Å². The molecule has 1 amide bonds. The van der Waals surface area contributed by atoms with Crippen molar-refractivity contribution >= 4 is 17.4 Å². The number of carbonyl (C=O) groups excluding carboxylic acids is 2. The van der Waals surface area contributed by atoms with E-state index in [1.165, 1.54) is 5.56 Å². The van der Waals surface area contributed by atoms with Crippen LogP contribution in [0, 0.1) is 0 Å². The predicted octanol–water partition coefficient (Wildman–Crippen LogP) is 2.78. The Morgan fingerprint density at radius 1 is 1.04 bits per heavy atom. The molecule has 1 heterocycles. The predicted molar refractivity (Wildman–Crippen MR) is 87.1 cm³/mol. The molecule has 0 N–H and O–H groups in total. The van der Waals surface area contributed by atoms with Crippen LogP contribution in [0.25, 0.3) is 0 Å². The molecule has 2 aliphatic rings. The van der Waals surface area contributed by atoms with Gasteiger partial charge in [-0.1, -0.05) is 30.3 Å². The zero-order valence-electron chi connectivity index (χ0n) is 12.7. The van der Waals surface area contributed by atoms with Crippen molar-refractivity contribution in [3.63, 3.8) is 0 Å². The summed E-state index contributed by atoms with van der Waals surface area (Å²) in [6.45, 7) is 0.700. The van der Waals surface area contributed by atoms with E-state index in [0.717, 1.165) is 23.2 Å². The molecule has 2 aromatic carbocycles. The van der Waals surface area contributed by atoms with Crippen molar-refractivity contribution < 1.29 is 14.3 Å². The maximum Gasteiger partial charge on any atom is 0.264 e. The molecule has 0 radical (unpaired) electrons. The van der Waals surface area contributed by atoms with Crippen LogP contribution in [0.15, 0.2) is 42.5 Å². The van der Waals surface area contributed by atoms with Crippen LogP contribution in [0.2, 0.25) is 0 Å². The Hall–Kier alpha value is -2.62. The Kier molecular flexibility index (Phi) is 3.37. The van der Waals surface area contributed by atoms with Gasteiger partial charge >= 0.3 is 0 Å². The number of benzene rings is 2. The molecule has 4 heteroatoms. The van der Waals surface area contributed by atoms with E-state index in [9.17, 15) is 9.59 Å². The number of ether oxygens (including phenoxy) is 1. The monoisotopic (exact) mass is 307 g/mol. The van der Waals surface area contributed by atoms with Gasteiger partial charge < -0.3 is 9.64 Å². The van der Waals surface area contributed by atoms with Gasteiger partial charge in [-0.25, -0.2) is 0 Å². The summed E-state index contributed by atoms with van der Waals surface area (Å²) in [6, 6.07) is 13.4. The van der Waals surface area contributed by atoms with E-state index in [0.29, 0.717) is 25.1 Å². The molecule has 116 valence electrons. The van der Waals surface area contributed by atoms with E-state index in [4.69, 9.17) is 4.74 Å². The highest BCUT2D eigenvalue weighted by Gasteiger charge is 2.26. The van der Waals surface area contributed by atoms with E-state index in [1.807, 2.05) is 36.4 Å². The molecule has 0 saturated heterocycles. The molecule has 1 aliphatic heterocycles. The summed E-state index contributed by atoms with van der Waals surface area (Å²) < 4.78 is 5.74. The van der Waals surface area contributed by atoms with E-state index >= 15 is 0 Å². The van der Waals surface area contributed by atoms with Crippen LogP contribution in [0.5, 0.6) is 5.75 Å². The number of nitrogens with zero attached hydrogens (tertiary/aromatic N) is 1. The van der Waals surface area contributed by atoms with Gasteiger partial charge in [-0.15, -0.1) is 0 Å². The largest absolute Gasteiger partial charge is 0.483 e. The highest BCUT2D eigenvalue weighted by molar-refractivity contribution is 6.01. The lowest BCUT2D eigenvalue weighted by Crippen LogP contribution is -2.33. The fourth-order valence-electron chi connectivity index (χ4n) is 3.41. The third kappa shape index (κ3) is 2.40. The topological polar surface area (TPSA) is 46.6 Å². The summed E-state index contributed by atoms with van der Waals surface area (Å²) in [5.74, 6) is 0.774. The first kappa shape index (κ1) is 14.0. The average Bonchev–Trinajstić information content (AvgIpc) is 3.17. The second-order valence-electron chi connectivity index (χ2n) is 5.92. The Bertz CT molecular complexity index is 797. The molecule has 0 unspecified atom stereocenters. The summed E-state index contributed by atoms with van der Waals surface area (Å²) in [4.78, 5) is 26.0. The standard InChI is InChI=1S/C19H17NO3/c21-17-9-8-15-14(17)5-3-7-18(15)23-12-19(22)20-11-10-13-4-1-2-6-16(13)20/h1-7H,8-12H2. The summed E-state index contributed by atoms with van der Waals surface area (Å²) in [7, 11) is 0. The third-order valence-electron chi connectivity index (χ3n) is 4.57. The van der Waals surface area contributed by atoms with Crippen LogP contribution in [-0.2, 0) is 17.6 Å². The lowest BCUT2D eigenvalue weighted by Gasteiger charge is -2.18. The van der Waals surface area contributed by atoms with Gasteiger partial charge in [0, 0.05) is 29.8 Å². The minimum atomic E-state index is -0.0446. The highest BCUT2D eigenvalue weighted by atomic mass is 16.5. The summed E-state index contributed by atoms with van der Waals surface area (Å²) in [6.07, 6.45) is 2.12. The van der Waals surface area contributed by atoms with Gasteiger partial charge in [-0.05, 0) is 30.5 Å². The van der Waals surface area contributed by atoms with Gasteiger partial charge in [-0.3, -0.25) is 9.59 Å². The van der Waals surface area contributed by atoms with E-state index in [-0.39, 0.29) is 18.3 Å². The van der Waals surface area contributed by atoms with E-state index < -0.39 is 0 Å². The number of ketones is 1. The number of Topliss-reactive ketones (excluding diaryl/α,β-unsaturated/α-hetero) is 1. The molecular weight excluding hydrogens is 290 g/mol. The lowest BCUT2D eigenvalue weighted by atomic mass is 10.1. The van der Waals surface area contributed by atoms with Crippen LogP contribution < -0.4 is 9.64 Å². The smallest absolute Gasteiger partial charge is 0.264 e. The molecule has 4 nitrogen and oxygen atoms in total. The molecule has 0 fully saturated rings. The van der Waals surface area contributed by atoms with E-state index in [2.05, 4.69) is 6.07 Å². The number of carbonyl (C=O) groups is 2. The second kappa shape index (κ2) is 5.54. The highest BCUT2D eigenvalue weighted by Crippen LogP contribution is 2.31. The first-order valence-electron chi connectivity index (χ1n) is 7.90. The molecule has 2 aromatic rings. The number of fused-ring (bicyclic) bond motifs is 2. The normalized spacial score (nSPS) is 15.5. The summed E-state index contributed by atoms with van der Waals surface area (Å²) in [5, 5.41) is 0. The van der Waals surface area contributed by atoms with Gasteiger partial charge in [0.2, 0.25) is 0 Å². The maximum atomic E-state index is 12.5. The molecule has 23 heavy (non-hydrogen) atoms. The van der Waals surface area contributed by atoms with Crippen molar-refractivity contribution in [1.82, 2.24) is 0 Å². The quantitative estimate of drug-likeness (QED) is 0.876. The fourth-order valence-corrected chi connectivity index (χ4v) is 3.41. The van der Waals surface area contributed by atoms with Crippen LogP contribution in [0.4, 0.5) is 5.69 Å². The molecule has 0 atom stereocenters. The summed E-state index contributed by atoms with van der Waals surface area (Å²) >= 11 is 0. The molecule has 0 spiro atoms. The summed E-state index contributed by atoms with van der Waals surface area (Å²) in [5.41, 5.74) is 3.86. The number of amides is 1. The van der Waals surface area contributed by atoms with Crippen molar-refractivity contribution in [3.05, 3.63) is 59.2 Å². The van der Waals surface area contributed by atoms with Crippen LogP contribution >= 0.6 is 0 Å². The van der Waals surface area contributed by atoms with Crippen LogP contribution in [0.3, 0.4) is 0 Å². The third-order valence-corrected chi connectivity index (χ3v) is 4.57. The molecule has 4 rings (SSSR count). The first-order chi connectivity index (χ1) is 11.2. The molecule has 1 aliphatic carbocycles. The Morgan fingerprint density at radius 3 is 2.83 bits per heavy atom. The minimum Gasteiger partial charge on any atom is -0.483 e. The maximum absolute atomic E-state index is 12.5. The van der Waals surface area contributed by atoms with Crippen molar-refractivity contribution in [2.75, 3.05) is 18.1 Å². The van der Waals surface area contributed by atoms with Gasteiger partial charge in [-0.2, -0.15) is 0 Å². The molecule has 0 saturated carbocycles. The number of hydrogen-bond donors (Lipinski definition) is 0. The molecule has 0 aromatic heterocycles. The van der Waals surface area contributed by atoms with Crippen molar-refractivity contribution in [2.45, 2.75) is 19.3 Å². The number of anilines is 1. The zero-order valence-corrected chi connectivity index (χ0v) is 12.7. The molecule has 0 bridgehead atoms.